The summed E-state index contributed by atoms with van der Waals surface area (Å²) in [4.78, 5) is 10.3. The molecule has 1 unspecified atom stereocenters. The van der Waals surface area contributed by atoms with Crippen LogP contribution in [0.15, 0.2) is 0 Å². The molecule has 0 rings (SSSR count). The number of hydroxylamine groups is 2. The molecule has 0 aromatic heterocycles. The van der Waals surface area contributed by atoms with Crippen LogP contribution in [0.2, 0.25) is 0 Å². The molecule has 0 saturated heterocycles. The first-order valence-corrected chi connectivity index (χ1v) is 3.24. The molecule has 0 aromatic carbocycles. The van der Waals surface area contributed by atoms with Gasteiger partial charge in [-0.1, -0.05) is 13.8 Å². The Hall–Kier alpha value is -0.770. The van der Waals surface area contributed by atoms with Crippen molar-refractivity contribution in [1.82, 2.24) is 5.06 Å². The van der Waals surface area contributed by atoms with Crippen molar-refractivity contribution in [3.63, 3.8) is 0 Å². The lowest BCUT2D eigenvalue weighted by molar-refractivity contribution is -0.0816. The van der Waals surface area contributed by atoms with E-state index in [1.165, 1.54) is 0 Å². The van der Waals surface area contributed by atoms with E-state index in [1.807, 2.05) is 13.8 Å². The number of hydrogen-bond donors (Lipinski definition) is 2. The summed E-state index contributed by atoms with van der Waals surface area (Å²) in [5.74, 6) is 0.206. The van der Waals surface area contributed by atoms with Crippen LogP contribution in [0.25, 0.3) is 0 Å². The Labute approximate surface area is 60.6 Å². The summed E-state index contributed by atoms with van der Waals surface area (Å²) in [5.41, 5.74) is 4.81. The number of nitrogens with two attached hydrogens (primary N) is 1. The van der Waals surface area contributed by atoms with E-state index in [1.54, 1.807) is 6.92 Å². The van der Waals surface area contributed by atoms with Crippen LogP contribution in [0.1, 0.15) is 20.8 Å². The predicted octanol–water partition coefficient (Wildman–Crippen LogP) is 0.801. The second-order valence-electron chi connectivity index (χ2n) is 2.67. The van der Waals surface area contributed by atoms with Crippen LogP contribution in [0.5, 0.6) is 0 Å². The minimum atomic E-state index is -0.804. The molecule has 0 saturated carbocycles. The summed E-state index contributed by atoms with van der Waals surface area (Å²) in [5, 5.41) is 9.47. The Morgan fingerprint density at radius 3 is 2.00 bits per heavy atom. The molecular formula is C6H14N2O2. The summed E-state index contributed by atoms with van der Waals surface area (Å²) in [7, 11) is 0. The van der Waals surface area contributed by atoms with Crippen LogP contribution in [0, 0.1) is 5.92 Å². The first-order valence-electron chi connectivity index (χ1n) is 3.24. The lowest BCUT2D eigenvalue weighted by atomic mass is 10.1. The smallest absolute Gasteiger partial charge is 0.338 e. The zero-order chi connectivity index (χ0) is 8.31. The van der Waals surface area contributed by atoms with Gasteiger partial charge in [0.25, 0.3) is 0 Å². The Bertz CT molecular complexity index is 125. The van der Waals surface area contributed by atoms with E-state index in [2.05, 4.69) is 0 Å². The molecule has 0 radical (unpaired) electrons. The average Bonchev–Trinajstić information content (AvgIpc) is 1.84. The maximum atomic E-state index is 10.3. The van der Waals surface area contributed by atoms with Crippen molar-refractivity contribution < 1.29 is 10.0 Å². The van der Waals surface area contributed by atoms with E-state index in [4.69, 9.17) is 10.9 Å². The maximum Gasteiger partial charge on any atom is 0.338 e. The number of amides is 2. The molecular weight excluding hydrogens is 132 g/mol. The molecule has 2 amide bonds. The van der Waals surface area contributed by atoms with Crippen LogP contribution in [0.3, 0.4) is 0 Å². The molecule has 0 heterocycles. The Balaban J connectivity index is 3.94. The van der Waals surface area contributed by atoms with Gasteiger partial charge in [0.1, 0.15) is 0 Å². The standard InChI is InChI=1S/C6H14N2O2/c1-4(2)5(3)8(10)6(7)9/h4-5,10H,1-3H3,(H2,7,9). The van der Waals surface area contributed by atoms with Gasteiger partial charge in [-0.2, -0.15) is 0 Å². The first kappa shape index (κ1) is 9.23. The van der Waals surface area contributed by atoms with Gasteiger partial charge in [-0.25, -0.2) is 9.86 Å². The summed E-state index contributed by atoms with van der Waals surface area (Å²) < 4.78 is 0. The molecule has 0 spiro atoms. The molecule has 1 atom stereocenters. The first-order chi connectivity index (χ1) is 4.46. The largest absolute Gasteiger partial charge is 0.350 e. The Morgan fingerprint density at radius 1 is 1.50 bits per heavy atom. The van der Waals surface area contributed by atoms with Crippen molar-refractivity contribution in [2.75, 3.05) is 0 Å². The Morgan fingerprint density at radius 2 is 1.90 bits per heavy atom. The molecule has 0 fully saturated rings. The number of carbonyl (C=O) groups excluding carboxylic acids is 1. The zero-order valence-electron chi connectivity index (χ0n) is 6.53. The van der Waals surface area contributed by atoms with E-state index >= 15 is 0 Å². The third kappa shape index (κ3) is 2.23. The van der Waals surface area contributed by atoms with Crippen molar-refractivity contribution >= 4 is 6.03 Å². The topological polar surface area (TPSA) is 66.6 Å². The zero-order valence-corrected chi connectivity index (χ0v) is 6.53. The van der Waals surface area contributed by atoms with Gasteiger partial charge in [-0.3, -0.25) is 5.21 Å². The van der Waals surface area contributed by atoms with Crippen molar-refractivity contribution in [2.45, 2.75) is 26.8 Å². The van der Waals surface area contributed by atoms with E-state index in [0.717, 1.165) is 0 Å². The van der Waals surface area contributed by atoms with Gasteiger partial charge >= 0.3 is 6.03 Å². The minimum Gasteiger partial charge on any atom is -0.350 e. The molecule has 4 nitrogen and oxygen atoms in total. The number of hydrogen-bond acceptors (Lipinski definition) is 2. The van der Waals surface area contributed by atoms with Crippen molar-refractivity contribution in [3.05, 3.63) is 0 Å². The quantitative estimate of drug-likeness (QED) is 0.447. The third-order valence-corrected chi connectivity index (χ3v) is 1.58. The number of primary amides is 1. The van der Waals surface area contributed by atoms with Gasteiger partial charge in [-0.05, 0) is 12.8 Å². The highest BCUT2D eigenvalue weighted by molar-refractivity contribution is 5.70. The molecule has 3 N–H and O–H groups in total. The summed E-state index contributed by atoms with van der Waals surface area (Å²) >= 11 is 0. The van der Waals surface area contributed by atoms with Crippen molar-refractivity contribution in [3.8, 4) is 0 Å². The minimum absolute atomic E-state index is 0.206. The van der Waals surface area contributed by atoms with Crippen LogP contribution >= 0.6 is 0 Å². The van der Waals surface area contributed by atoms with Gasteiger partial charge in [-0.15, -0.1) is 0 Å². The Kier molecular flexibility index (Phi) is 3.15. The normalized spacial score (nSPS) is 13.3. The SMILES string of the molecule is CC(C)C(C)N(O)C(N)=O. The number of urea groups is 1. The highest BCUT2D eigenvalue weighted by atomic mass is 16.5. The molecule has 60 valence electrons. The van der Waals surface area contributed by atoms with E-state index in [9.17, 15) is 4.79 Å². The van der Waals surface area contributed by atoms with Gasteiger partial charge in [0, 0.05) is 0 Å². The molecule has 0 aromatic rings. The summed E-state index contributed by atoms with van der Waals surface area (Å²) in [6.45, 7) is 5.53. The maximum absolute atomic E-state index is 10.3. The van der Waals surface area contributed by atoms with Gasteiger partial charge in [0.05, 0.1) is 6.04 Å². The highest BCUT2D eigenvalue weighted by Gasteiger charge is 2.17. The highest BCUT2D eigenvalue weighted by Crippen LogP contribution is 2.06. The molecule has 10 heavy (non-hydrogen) atoms. The predicted molar refractivity (Wildman–Crippen MR) is 37.5 cm³/mol. The van der Waals surface area contributed by atoms with Crippen LogP contribution < -0.4 is 5.73 Å². The van der Waals surface area contributed by atoms with Gasteiger partial charge in [0.15, 0.2) is 0 Å². The van der Waals surface area contributed by atoms with E-state index in [0.29, 0.717) is 5.06 Å². The fraction of sp³-hybridized carbons (Fsp3) is 0.833. The van der Waals surface area contributed by atoms with Gasteiger partial charge in [0.2, 0.25) is 0 Å². The molecule has 0 aliphatic carbocycles. The lowest BCUT2D eigenvalue weighted by Gasteiger charge is -2.23. The van der Waals surface area contributed by atoms with Crippen molar-refractivity contribution in [1.29, 1.82) is 0 Å². The van der Waals surface area contributed by atoms with Crippen LogP contribution in [-0.2, 0) is 0 Å². The second kappa shape index (κ2) is 3.41. The van der Waals surface area contributed by atoms with Crippen molar-refractivity contribution in [2.24, 2.45) is 11.7 Å². The third-order valence-electron chi connectivity index (χ3n) is 1.58. The number of nitrogens with zero attached hydrogens (tertiary/aromatic N) is 1. The van der Waals surface area contributed by atoms with E-state index < -0.39 is 6.03 Å². The molecule has 0 aliphatic heterocycles. The molecule has 0 bridgehead atoms. The van der Waals surface area contributed by atoms with E-state index in [-0.39, 0.29) is 12.0 Å². The monoisotopic (exact) mass is 146 g/mol. The van der Waals surface area contributed by atoms with Crippen LogP contribution in [0.4, 0.5) is 4.79 Å². The fourth-order valence-electron chi connectivity index (χ4n) is 0.483. The number of carbonyl (C=O) groups is 1. The average molecular weight is 146 g/mol. The van der Waals surface area contributed by atoms with Crippen LogP contribution in [-0.4, -0.2) is 22.3 Å². The summed E-state index contributed by atoms with van der Waals surface area (Å²) in [6, 6.07) is -1.03. The fourth-order valence-corrected chi connectivity index (χ4v) is 0.483. The number of rotatable bonds is 2. The summed E-state index contributed by atoms with van der Waals surface area (Å²) in [6.07, 6.45) is 0. The lowest BCUT2D eigenvalue weighted by Crippen LogP contribution is -2.42. The van der Waals surface area contributed by atoms with Gasteiger partial charge < -0.3 is 5.73 Å². The molecule has 0 aliphatic rings. The molecule has 4 heteroatoms. The second-order valence-corrected chi connectivity index (χ2v) is 2.67.